The molecule has 2 aromatic rings. The summed E-state index contributed by atoms with van der Waals surface area (Å²) in [5.41, 5.74) is 5.78. The molecular weight excluding hydrogens is 343 g/mol. The minimum atomic E-state index is -4.41. The van der Waals surface area contributed by atoms with E-state index in [9.17, 15) is 13.2 Å². The van der Waals surface area contributed by atoms with Gasteiger partial charge in [-0.1, -0.05) is 12.2 Å². The molecular formula is C11H7BrF3N3S. The molecule has 0 spiro atoms. The Bertz CT molecular complexity index is 636. The standard InChI is InChI=1S/C11H7BrF3N3S/c12-9-3-7(1-2-8(9)10(16)19)18-5-6(4-17-18)11(13,14)15/h1-5H,(H2,16,19). The molecule has 0 saturated heterocycles. The number of nitrogens with zero attached hydrogens (tertiary/aromatic N) is 2. The van der Waals surface area contributed by atoms with E-state index in [2.05, 4.69) is 21.0 Å². The summed E-state index contributed by atoms with van der Waals surface area (Å²) in [6.07, 6.45) is -2.72. The van der Waals surface area contributed by atoms with Gasteiger partial charge in [-0.2, -0.15) is 18.3 Å². The fourth-order valence-corrected chi connectivity index (χ4v) is 2.35. The van der Waals surface area contributed by atoms with Crippen LogP contribution in [0.2, 0.25) is 0 Å². The number of halogens is 4. The molecule has 3 nitrogen and oxygen atoms in total. The summed E-state index contributed by atoms with van der Waals surface area (Å²) in [4.78, 5) is 0.204. The fourth-order valence-electron chi connectivity index (χ4n) is 1.46. The van der Waals surface area contributed by atoms with Gasteiger partial charge in [0.05, 0.1) is 17.4 Å². The third-order valence-corrected chi connectivity index (χ3v) is 3.27. The first-order valence-corrected chi connectivity index (χ1v) is 6.21. The van der Waals surface area contributed by atoms with Gasteiger partial charge in [0, 0.05) is 16.2 Å². The van der Waals surface area contributed by atoms with Crippen molar-refractivity contribution in [3.63, 3.8) is 0 Å². The predicted octanol–water partition coefficient (Wildman–Crippen LogP) is 3.29. The van der Waals surface area contributed by atoms with Gasteiger partial charge in [-0.25, -0.2) is 4.68 Å². The molecule has 0 radical (unpaired) electrons. The van der Waals surface area contributed by atoms with Crippen molar-refractivity contribution in [3.8, 4) is 5.69 Å². The van der Waals surface area contributed by atoms with Crippen LogP contribution in [-0.2, 0) is 6.18 Å². The van der Waals surface area contributed by atoms with E-state index in [1.54, 1.807) is 18.2 Å². The molecule has 0 saturated carbocycles. The average Bonchev–Trinajstić information content (AvgIpc) is 2.76. The molecule has 0 aliphatic rings. The molecule has 0 atom stereocenters. The Morgan fingerprint density at radius 2 is 2.05 bits per heavy atom. The second kappa shape index (κ2) is 4.93. The van der Waals surface area contributed by atoms with Crippen LogP contribution in [-0.4, -0.2) is 14.8 Å². The van der Waals surface area contributed by atoms with Crippen molar-refractivity contribution in [2.75, 3.05) is 0 Å². The van der Waals surface area contributed by atoms with Gasteiger partial charge in [0.1, 0.15) is 4.99 Å². The summed E-state index contributed by atoms with van der Waals surface area (Å²) in [6.45, 7) is 0. The molecule has 1 aromatic heterocycles. The maximum Gasteiger partial charge on any atom is 0.419 e. The molecule has 0 unspecified atom stereocenters. The van der Waals surface area contributed by atoms with Crippen molar-refractivity contribution < 1.29 is 13.2 Å². The van der Waals surface area contributed by atoms with Crippen molar-refractivity contribution in [1.29, 1.82) is 0 Å². The highest BCUT2D eigenvalue weighted by Gasteiger charge is 2.32. The summed E-state index contributed by atoms with van der Waals surface area (Å²) in [5.74, 6) is 0. The highest BCUT2D eigenvalue weighted by Crippen LogP contribution is 2.29. The van der Waals surface area contributed by atoms with Crippen LogP contribution in [0.1, 0.15) is 11.1 Å². The van der Waals surface area contributed by atoms with Crippen LogP contribution in [0.15, 0.2) is 35.1 Å². The van der Waals surface area contributed by atoms with Crippen LogP contribution in [0.5, 0.6) is 0 Å². The summed E-state index contributed by atoms with van der Waals surface area (Å²) >= 11 is 8.10. The van der Waals surface area contributed by atoms with Crippen molar-refractivity contribution in [2.45, 2.75) is 6.18 Å². The lowest BCUT2D eigenvalue weighted by Gasteiger charge is -2.06. The van der Waals surface area contributed by atoms with E-state index >= 15 is 0 Å². The van der Waals surface area contributed by atoms with Gasteiger partial charge in [-0.05, 0) is 34.1 Å². The summed E-state index contributed by atoms with van der Waals surface area (Å²) in [5, 5.41) is 3.68. The molecule has 0 amide bonds. The lowest BCUT2D eigenvalue weighted by Crippen LogP contribution is -2.10. The first kappa shape index (κ1) is 14.0. The van der Waals surface area contributed by atoms with E-state index in [0.29, 0.717) is 15.7 Å². The largest absolute Gasteiger partial charge is 0.419 e. The van der Waals surface area contributed by atoms with Crippen LogP contribution in [0.4, 0.5) is 13.2 Å². The number of aromatic nitrogens is 2. The second-order valence-electron chi connectivity index (χ2n) is 3.70. The van der Waals surface area contributed by atoms with Crippen molar-refractivity contribution in [1.82, 2.24) is 9.78 Å². The molecule has 2 N–H and O–H groups in total. The Balaban J connectivity index is 2.40. The zero-order chi connectivity index (χ0) is 14.2. The SMILES string of the molecule is NC(=S)c1ccc(-n2cc(C(F)(F)F)cn2)cc1Br. The average molecular weight is 350 g/mol. The number of hydrogen-bond acceptors (Lipinski definition) is 2. The molecule has 2 rings (SSSR count). The normalized spacial score (nSPS) is 11.6. The Kier molecular flexibility index (Phi) is 3.64. The topological polar surface area (TPSA) is 43.8 Å². The third-order valence-electron chi connectivity index (χ3n) is 2.39. The van der Waals surface area contributed by atoms with Gasteiger partial charge in [0.2, 0.25) is 0 Å². The Morgan fingerprint density at radius 1 is 1.37 bits per heavy atom. The number of rotatable bonds is 2. The maximum absolute atomic E-state index is 12.5. The molecule has 100 valence electrons. The third kappa shape index (κ3) is 2.95. The number of benzene rings is 1. The van der Waals surface area contributed by atoms with E-state index in [1.165, 1.54) is 0 Å². The smallest absolute Gasteiger partial charge is 0.389 e. The minimum Gasteiger partial charge on any atom is -0.389 e. The number of alkyl halides is 3. The van der Waals surface area contributed by atoms with Crippen LogP contribution >= 0.6 is 28.1 Å². The van der Waals surface area contributed by atoms with Gasteiger partial charge in [-0.3, -0.25) is 0 Å². The highest BCUT2D eigenvalue weighted by atomic mass is 79.9. The zero-order valence-corrected chi connectivity index (χ0v) is 11.7. The molecule has 0 fully saturated rings. The summed E-state index contributed by atoms with van der Waals surface area (Å²) in [6, 6.07) is 4.81. The van der Waals surface area contributed by atoms with E-state index in [4.69, 9.17) is 18.0 Å². The van der Waals surface area contributed by atoms with Gasteiger partial charge < -0.3 is 5.73 Å². The second-order valence-corrected chi connectivity index (χ2v) is 4.99. The summed E-state index contributed by atoms with van der Waals surface area (Å²) in [7, 11) is 0. The van der Waals surface area contributed by atoms with Crippen molar-refractivity contribution >= 4 is 33.1 Å². The molecule has 1 aromatic carbocycles. The fraction of sp³-hybridized carbons (Fsp3) is 0.0909. The molecule has 0 aliphatic carbocycles. The zero-order valence-electron chi connectivity index (χ0n) is 9.28. The first-order chi connectivity index (χ1) is 8.79. The molecule has 0 bridgehead atoms. The molecule has 8 heteroatoms. The van der Waals surface area contributed by atoms with Gasteiger partial charge >= 0.3 is 6.18 Å². The summed E-state index contributed by atoms with van der Waals surface area (Å²) < 4.78 is 39.1. The van der Waals surface area contributed by atoms with E-state index in [0.717, 1.165) is 17.1 Å². The Hall–Kier alpha value is -1.41. The lowest BCUT2D eigenvalue weighted by molar-refractivity contribution is -0.137. The molecule has 19 heavy (non-hydrogen) atoms. The van der Waals surface area contributed by atoms with Crippen LogP contribution < -0.4 is 5.73 Å². The number of hydrogen-bond donors (Lipinski definition) is 1. The Morgan fingerprint density at radius 3 is 2.53 bits per heavy atom. The maximum atomic E-state index is 12.5. The molecule has 0 aliphatic heterocycles. The predicted molar refractivity (Wildman–Crippen MR) is 72.2 cm³/mol. The Labute approximate surface area is 120 Å². The number of nitrogens with two attached hydrogens (primary N) is 1. The van der Waals surface area contributed by atoms with Crippen molar-refractivity contribution in [3.05, 3.63) is 46.2 Å². The van der Waals surface area contributed by atoms with Gasteiger partial charge in [0.15, 0.2) is 0 Å². The first-order valence-electron chi connectivity index (χ1n) is 5.00. The lowest BCUT2D eigenvalue weighted by atomic mass is 10.2. The minimum absolute atomic E-state index is 0.204. The number of thiocarbonyl (C=S) groups is 1. The van der Waals surface area contributed by atoms with E-state index in [-0.39, 0.29) is 4.99 Å². The van der Waals surface area contributed by atoms with Crippen LogP contribution in [0, 0.1) is 0 Å². The van der Waals surface area contributed by atoms with E-state index in [1.807, 2.05) is 0 Å². The van der Waals surface area contributed by atoms with Crippen LogP contribution in [0.25, 0.3) is 5.69 Å². The van der Waals surface area contributed by atoms with Gasteiger partial charge in [-0.15, -0.1) is 0 Å². The van der Waals surface area contributed by atoms with Gasteiger partial charge in [0.25, 0.3) is 0 Å². The quantitative estimate of drug-likeness (QED) is 0.846. The van der Waals surface area contributed by atoms with E-state index < -0.39 is 11.7 Å². The monoisotopic (exact) mass is 349 g/mol. The van der Waals surface area contributed by atoms with Crippen LogP contribution in [0.3, 0.4) is 0 Å². The van der Waals surface area contributed by atoms with Crippen molar-refractivity contribution in [2.24, 2.45) is 5.73 Å². The highest BCUT2D eigenvalue weighted by molar-refractivity contribution is 9.10. The molecule has 1 heterocycles.